The predicted octanol–water partition coefficient (Wildman–Crippen LogP) is 6.94. The van der Waals surface area contributed by atoms with Crippen LogP contribution in [-0.2, 0) is 6.42 Å². The van der Waals surface area contributed by atoms with Gasteiger partial charge < -0.3 is 15.2 Å². The van der Waals surface area contributed by atoms with Crippen LogP contribution in [0.5, 0.6) is 0 Å². The molecule has 2 heterocycles. The minimum absolute atomic E-state index is 0.236. The quantitative estimate of drug-likeness (QED) is 0.308. The number of piperidine rings is 1. The average molecular weight is 490 g/mol. The number of aromatic amines is 1. The summed E-state index contributed by atoms with van der Waals surface area (Å²) in [6.07, 6.45) is 5.32. The zero-order valence-corrected chi connectivity index (χ0v) is 20.5. The van der Waals surface area contributed by atoms with Gasteiger partial charge in [0.05, 0.1) is 10.5 Å². The van der Waals surface area contributed by atoms with Crippen molar-refractivity contribution in [1.29, 1.82) is 0 Å². The van der Waals surface area contributed by atoms with Gasteiger partial charge in [-0.3, -0.25) is 4.79 Å². The Morgan fingerprint density at radius 3 is 2.66 bits per heavy atom. The Kier molecular flexibility index (Phi) is 6.89. The lowest BCUT2D eigenvalue weighted by Crippen LogP contribution is -2.34. The highest BCUT2D eigenvalue weighted by molar-refractivity contribution is 6.35. The molecule has 0 radical (unpaired) electrons. The topological polar surface area (TPSA) is 48.1 Å². The van der Waals surface area contributed by atoms with Gasteiger partial charge in [0.2, 0.25) is 0 Å². The number of aryl methyl sites for hydroxylation is 1. The summed E-state index contributed by atoms with van der Waals surface area (Å²) in [7, 11) is 0. The highest BCUT2D eigenvalue weighted by Crippen LogP contribution is 2.35. The maximum absolute atomic E-state index is 13.1. The molecule has 1 aliphatic heterocycles. The van der Waals surface area contributed by atoms with Crippen LogP contribution >= 0.6 is 11.6 Å². The normalized spacial score (nSPS) is 14.9. The van der Waals surface area contributed by atoms with E-state index in [1.165, 1.54) is 46.3 Å². The van der Waals surface area contributed by atoms with E-state index in [4.69, 9.17) is 11.6 Å². The molecule has 1 saturated heterocycles. The monoisotopic (exact) mass is 489 g/mol. The van der Waals surface area contributed by atoms with Crippen molar-refractivity contribution >= 4 is 34.1 Å². The Balaban J connectivity index is 1.17. The van der Waals surface area contributed by atoms with Gasteiger partial charge in [0.15, 0.2) is 0 Å². The Morgan fingerprint density at radius 2 is 1.89 bits per heavy atom. The molecule has 3 aromatic carbocycles. The number of anilines is 1. The molecular formula is C29H29ClFN3O. The summed E-state index contributed by atoms with van der Waals surface area (Å²) < 4.78 is 13.1. The van der Waals surface area contributed by atoms with E-state index in [9.17, 15) is 9.18 Å². The van der Waals surface area contributed by atoms with Gasteiger partial charge in [-0.1, -0.05) is 29.8 Å². The van der Waals surface area contributed by atoms with Crippen LogP contribution in [0.2, 0.25) is 5.02 Å². The zero-order chi connectivity index (χ0) is 24.4. The van der Waals surface area contributed by atoms with Crippen LogP contribution in [0, 0.1) is 12.7 Å². The van der Waals surface area contributed by atoms with Gasteiger partial charge in [-0.15, -0.1) is 0 Å². The van der Waals surface area contributed by atoms with Crippen LogP contribution in [0.15, 0.2) is 66.9 Å². The van der Waals surface area contributed by atoms with Crippen molar-refractivity contribution in [2.24, 2.45) is 0 Å². The van der Waals surface area contributed by atoms with E-state index >= 15 is 0 Å². The maximum atomic E-state index is 13.1. The standard InChI is InChI=1S/C29H29ClFN3O/c1-19-5-10-24(33-29(35)21-6-8-23(31)9-7-21)17-22(19)13-16-34-14-11-20(12-15-34)26-18-32-28-25(26)3-2-4-27(28)30/h2-10,17-18,20,32H,11-16H2,1H3,(H,33,35). The van der Waals surface area contributed by atoms with E-state index in [1.54, 1.807) is 0 Å². The first-order valence-electron chi connectivity index (χ1n) is 12.1. The van der Waals surface area contributed by atoms with E-state index in [1.807, 2.05) is 24.3 Å². The summed E-state index contributed by atoms with van der Waals surface area (Å²) in [5.41, 5.74) is 6.06. The highest BCUT2D eigenvalue weighted by Gasteiger charge is 2.23. The second-order valence-electron chi connectivity index (χ2n) is 9.37. The van der Waals surface area contributed by atoms with Gasteiger partial charge in [0, 0.05) is 29.4 Å². The molecule has 2 N–H and O–H groups in total. The lowest BCUT2D eigenvalue weighted by Gasteiger charge is -2.32. The molecule has 1 aromatic heterocycles. The second kappa shape index (κ2) is 10.2. The van der Waals surface area contributed by atoms with Crippen LogP contribution in [0.25, 0.3) is 10.9 Å². The van der Waals surface area contributed by atoms with Crippen molar-refractivity contribution in [3.63, 3.8) is 0 Å². The molecule has 0 atom stereocenters. The van der Waals surface area contributed by atoms with Crippen LogP contribution in [0.4, 0.5) is 10.1 Å². The van der Waals surface area contributed by atoms with Crippen molar-refractivity contribution in [3.05, 3.63) is 100.0 Å². The third-order valence-electron chi connectivity index (χ3n) is 7.13. The molecule has 0 bridgehead atoms. The number of hydrogen-bond acceptors (Lipinski definition) is 2. The molecule has 0 spiro atoms. The molecule has 1 amide bonds. The number of carbonyl (C=O) groups is 1. The fraction of sp³-hybridized carbons (Fsp3) is 0.276. The molecule has 1 fully saturated rings. The molecule has 4 aromatic rings. The predicted molar refractivity (Wildman–Crippen MR) is 141 cm³/mol. The summed E-state index contributed by atoms with van der Waals surface area (Å²) in [5, 5.41) is 4.95. The van der Waals surface area contributed by atoms with E-state index in [0.29, 0.717) is 11.5 Å². The number of fused-ring (bicyclic) bond motifs is 1. The SMILES string of the molecule is Cc1ccc(NC(=O)c2ccc(F)cc2)cc1CCN1CCC(c2c[nH]c3c(Cl)cccc23)CC1. The number of rotatable bonds is 6. The summed E-state index contributed by atoms with van der Waals surface area (Å²) >= 11 is 6.34. The molecule has 1 aliphatic rings. The first-order chi connectivity index (χ1) is 17.0. The number of halogens is 2. The summed E-state index contributed by atoms with van der Waals surface area (Å²) in [6, 6.07) is 17.7. The molecule has 6 heteroatoms. The number of H-pyrrole nitrogens is 1. The Hall–Kier alpha value is -3.15. The second-order valence-corrected chi connectivity index (χ2v) is 9.78. The Morgan fingerprint density at radius 1 is 1.11 bits per heavy atom. The summed E-state index contributed by atoms with van der Waals surface area (Å²) in [4.78, 5) is 18.4. The van der Waals surface area contributed by atoms with Gasteiger partial charge in [-0.2, -0.15) is 0 Å². The minimum atomic E-state index is -0.353. The van der Waals surface area contributed by atoms with Gasteiger partial charge in [0.25, 0.3) is 5.91 Å². The highest BCUT2D eigenvalue weighted by atomic mass is 35.5. The number of nitrogens with zero attached hydrogens (tertiary/aromatic N) is 1. The van der Waals surface area contributed by atoms with Gasteiger partial charge in [-0.25, -0.2) is 4.39 Å². The fourth-order valence-corrected chi connectivity index (χ4v) is 5.28. The number of carbonyl (C=O) groups excluding carboxylic acids is 1. The van der Waals surface area contributed by atoms with Crippen molar-refractivity contribution in [3.8, 4) is 0 Å². The molecule has 0 saturated carbocycles. The first kappa shape index (κ1) is 23.6. The molecule has 4 nitrogen and oxygen atoms in total. The van der Waals surface area contributed by atoms with E-state index < -0.39 is 0 Å². The molecule has 5 rings (SSSR count). The van der Waals surface area contributed by atoms with E-state index in [0.717, 1.165) is 55.1 Å². The van der Waals surface area contributed by atoms with Crippen LogP contribution in [0.3, 0.4) is 0 Å². The maximum Gasteiger partial charge on any atom is 0.255 e. The summed E-state index contributed by atoms with van der Waals surface area (Å²) in [6.45, 7) is 5.23. The molecule has 0 unspecified atom stereocenters. The Bertz CT molecular complexity index is 1340. The van der Waals surface area contributed by atoms with Gasteiger partial charge in [-0.05, 0) is 104 Å². The van der Waals surface area contributed by atoms with Crippen LogP contribution in [-0.4, -0.2) is 35.4 Å². The number of aromatic nitrogens is 1. The van der Waals surface area contributed by atoms with Crippen molar-refractivity contribution in [2.45, 2.75) is 32.1 Å². The van der Waals surface area contributed by atoms with Gasteiger partial charge in [0.1, 0.15) is 5.82 Å². The number of amides is 1. The first-order valence-corrected chi connectivity index (χ1v) is 12.5. The number of benzene rings is 3. The lowest BCUT2D eigenvalue weighted by atomic mass is 9.89. The smallest absolute Gasteiger partial charge is 0.255 e. The third-order valence-corrected chi connectivity index (χ3v) is 7.45. The number of nitrogens with one attached hydrogen (secondary N) is 2. The molecule has 35 heavy (non-hydrogen) atoms. The number of para-hydroxylation sites is 1. The third kappa shape index (κ3) is 5.26. The van der Waals surface area contributed by atoms with Gasteiger partial charge >= 0.3 is 0 Å². The van der Waals surface area contributed by atoms with Crippen LogP contribution in [0.1, 0.15) is 45.8 Å². The minimum Gasteiger partial charge on any atom is -0.360 e. The zero-order valence-electron chi connectivity index (χ0n) is 19.8. The lowest BCUT2D eigenvalue weighted by molar-refractivity contribution is 0.102. The molecule has 180 valence electrons. The summed E-state index contributed by atoms with van der Waals surface area (Å²) in [5.74, 6) is -0.0419. The van der Waals surface area contributed by atoms with Crippen molar-refractivity contribution in [2.75, 3.05) is 25.0 Å². The van der Waals surface area contributed by atoms with E-state index in [-0.39, 0.29) is 11.7 Å². The van der Waals surface area contributed by atoms with Crippen LogP contribution < -0.4 is 5.32 Å². The number of hydrogen-bond donors (Lipinski definition) is 2. The molecule has 0 aliphatic carbocycles. The Labute approximate surface area is 210 Å². The van der Waals surface area contributed by atoms with E-state index in [2.05, 4.69) is 40.5 Å². The van der Waals surface area contributed by atoms with Crippen molar-refractivity contribution < 1.29 is 9.18 Å². The number of likely N-dealkylation sites (tertiary alicyclic amines) is 1. The average Bonchev–Trinajstić information content (AvgIpc) is 3.30. The molecular weight excluding hydrogens is 461 g/mol. The largest absolute Gasteiger partial charge is 0.360 e. The van der Waals surface area contributed by atoms with Crippen molar-refractivity contribution in [1.82, 2.24) is 9.88 Å². The fourth-order valence-electron chi connectivity index (χ4n) is 5.05.